The molecule has 1 aliphatic rings. The van der Waals surface area contributed by atoms with Crippen LogP contribution in [0.2, 0.25) is 0 Å². The van der Waals surface area contributed by atoms with E-state index in [9.17, 15) is 4.39 Å². The van der Waals surface area contributed by atoms with Crippen LogP contribution in [0.15, 0.2) is 18.2 Å². The highest BCUT2D eigenvalue weighted by Gasteiger charge is 2.12. The molecule has 2 nitrogen and oxygen atoms in total. The molecule has 1 heterocycles. The third-order valence-corrected chi connectivity index (χ3v) is 3.63. The number of hydrogen-bond acceptors (Lipinski definition) is 2. The van der Waals surface area contributed by atoms with Gasteiger partial charge in [0.2, 0.25) is 0 Å². The minimum Gasteiger partial charge on any atom is -0.493 e. The van der Waals surface area contributed by atoms with Crippen molar-refractivity contribution < 1.29 is 9.13 Å². The lowest BCUT2D eigenvalue weighted by Crippen LogP contribution is -2.27. The van der Waals surface area contributed by atoms with Crippen LogP contribution in [-0.4, -0.2) is 19.7 Å². The van der Waals surface area contributed by atoms with Gasteiger partial charge in [-0.05, 0) is 63.2 Å². The van der Waals surface area contributed by atoms with Gasteiger partial charge >= 0.3 is 0 Å². The van der Waals surface area contributed by atoms with Gasteiger partial charge in [-0.15, -0.1) is 0 Å². The van der Waals surface area contributed by atoms with E-state index in [1.54, 1.807) is 13.0 Å². The van der Waals surface area contributed by atoms with E-state index in [1.165, 1.54) is 25.3 Å². The van der Waals surface area contributed by atoms with Crippen LogP contribution in [0.3, 0.4) is 0 Å². The molecular weight excluding hydrogens is 229 g/mol. The Kier molecular flexibility index (Phi) is 5.00. The molecule has 0 atom stereocenters. The monoisotopic (exact) mass is 251 g/mol. The lowest BCUT2D eigenvalue weighted by Gasteiger charge is -2.22. The van der Waals surface area contributed by atoms with Gasteiger partial charge in [0.15, 0.2) is 0 Å². The predicted molar refractivity (Wildman–Crippen MR) is 71.5 cm³/mol. The Hall–Kier alpha value is -1.09. The summed E-state index contributed by atoms with van der Waals surface area (Å²) in [5.74, 6) is 1.29. The molecule has 2 rings (SSSR count). The van der Waals surface area contributed by atoms with E-state index in [0.717, 1.165) is 25.4 Å². The quantitative estimate of drug-likeness (QED) is 0.811. The summed E-state index contributed by atoms with van der Waals surface area (Å²) in [5, 5.41) is 3.37. The van der Waals surface area contributed by atoms with Crippen molar-refractivity contribution in [2.45, 2.75) is 32.6 Å². The molecule has 1 fully saturated rings. The first-order valence-corrected chi connectivity index (χ1v) is 6.85. The molecule has 1 saturated heterocycles. The van der Waals surface area contributed by atoms with Crippen LogP contribution < -0.4 is 10.1 Å². The summed E-state index contributed by atoms with van der Waals surface area (Å²) in [7, 11) is 0. The van der Waals surface area contributed by atoms with Crippen LogP contribution >= 0.6 is 0 Å². The molecule has 0 aliphatic carbocycles. The Bertz CT molecular complexity index is 375. The summed E-state index contributed by atoms with van der Waals surface area (Å²) < 4.78 is 18.9. The molecule has 0 bridgehead atoms. The highest BCUT2D eigenvalue weighted by molar-refractivity contribution is 5.27. The van der Waals surface area contributed by atoms with Crippen molar-refractivity contribution in [3.63, 3.8) is 0 Å². The van der Waals surface area contributed by atoms with Crippen LogP contribution in [0.4, 0.5) is 4.39 Å². The zero-order valence-corrected chi connectivity index (χ0v) is 11.0. The van der Waals surface area contributed by atoms with Gasteiger partial charge in [0.25, 0.3) is 0 Å². The predicted octanol–water partition coefficient (Wildman–Crippen LogP) is 3.29. The van der Waals surface area contributed by atoms with Gasteiger partial charge in [-0.2, -0.15) is 0 Å². The van der Waals surface area contributed by atoms with E-state index in [2.05, 4.69) is 5.32 Å². The molecule has 0 spiro atoms. The Morgan fingerprint density at radius 2 is 2.11 bits per heavy atom. The first-order chi connectivity index (χ1) is 8.75. The standard InChI is InChI=1S/C15H22FNO/c1-12-4-5-14(11-15(12)16)18-10-2-3-13-6-8-17-9-7-13/h4-5,11,13,17H,2-3,6-10H2,1H3. The molecule has 0 radical (unpaired) electrons. The zero-order valence-electron chi connectivity index (χ0n) is 11.0. The molecule has 0 aromatic heterocycles. The second kappa shape index (κ2) is 6.74. The summed E-state index contributed by atoms with van der Waals surface area (Å²) in [5.41, 5.74) is 0.664. The van der Waals surface area contributed by atoms with Crippen LogP contribution in [-0.2, 0) is 0 Å². The fourth-order valence-electron chi connectivity index (χ4n) is 2.40. The summed E-state index contributed by atoms with van der Waals surface area (Å²) in [6.45, 7) is 4.74. The number of halogens is 1. The van der Waals surface area contributed by atoms with Crippen molar-refractivity contribution in [3.8, 4) is 5.75 Å². The number of hydrogen-bond donors (Lipinski definition) is 1. The van der Waals surface area contributed by atoms with E-state index in [1.807, 2.05) is 6.07 Å². The van der Waals surface area contributed by atoms with Gasteiger partial charge in [0.1, 0.15) is 11.6 Å². The molecular formula is C15H22FNO. The minimum absolute atomic E-state index is 0.189. The van der Waals surface area contributed by atoms with Crippen molar-refractivity contribution in [1.29, 1.82) is 0 Å². The summed E-state index contributed by atoms with van der Waals surface area (Å²) in [6.07, 6.45) is 4.83. The van der Waals surface area contributed by atoms with Gasteiger partial charge in [0.05, 0.1) is 6.61 Å². The second-order valence-corrected chi connectivity index (χ2v) is 5.10. The fourth-order valence-corrected chi connectivity index (χ4v) is 2.40. The number of ether oxygens (including phenoxy) is 1. The van der Waals surface area contributed by atoms with E-state index in [0.29, 0.717) is 17.9 Å². The molecule has 1 aromatic rings. The van der Waals surface area contributed by atoms with E-state index < -0.39 is 0 Å². The van der Waals surface area contributed by atoms with Crippen LogP contribution in [0.25, 0.3) is 0 Å². The van der Waals surface area contributed by atoms with Gasteiger partial charge in [-0.25, -0.2) is 4.39 Å². The van der Waals surface area contributed by atoms with Crippen LogP contribution in [0.5, 0.6) is 5.75 Å². The number of benzene rings is 1. The highest BCUT2D eigenvalue weighted by atomic mass is 19.1. The Labute approximate surface area is 109 Å². The first kappa shape index (κ1) is 13.3. The van der Waals surface area contributed by atoms with Gasteiger partial charge in [-0.1, -0.05) is 6.07 Å². The Morgan fingerprint density at radius 3 is 2.83 bits per heavy atom. The van der Waals surface area contributed by atoms with Gasteiger partial charge in [0, 0.05) is 6.07 Å². The first-order valence-electron chi connectivity index (χ1n) is 6.85. The maximum absolute atomic E-state index is 13.3. The number of aryl methyl sites for hydroxylation is 1. The van der Waals surface area contributed by atoms with Crippen LogP contribution in [0.1, 0.15) is 31.2 Å². The SMILES string of the molecule is Cc1ccc(OCCCC2CCNCC2)cc1F. The van der Waals surface area contributed by atoms with Crippen molar-refractivity contribution in [3.05, 3.63) is 29.6 Å². The highest BCUT2D eigenvalue weighted by Crippen LogP contribution is 2.19. The molecule has 0 unspecified atom stereocenters. The van der Waals surface area contributed by atoms with Crippen molar-refractivity contribution in [2.24, 2.45) is 5.92 Å². The summed E-state index contributed by atoms with van der Waals surface area (Å²) >= 11 is 0. The minimum atomic E-state index is -0.189. The molecule has 1 aliphatic heterocycles. The lowest BCUT2D eigenvalue weighted by molar-refractivity contribution is 0.273. The number of nitrogens with one attached hydrogen (secondary N) is 1. The summed E-state index contributed by atoms with van der Waals surface area (Å²) in [6, 6.07) is 5.07. The average Bonchev–Trinajstić information content (AvgIpc) is 2.40. The zero-order chi connectivity index (χ0) is 12.8. The fraction of sp³-hybridized carbons (Fsp3) is 0.600. The van der Waals surface area contributed by atoms with Gasteiger partial charge in [-0.3, -0.25) is 0 Å². The number of rotatable bonds is 5. The Balaban J connectivity index is 1.66. The molecule has 0 amide bonds. The van der Waals surface area contributed by atoms with E-state index >= 15 is 0 Å². The normalized spacial score (nSPS) is 16.8. The maximum Gasteiger partial charge on any atom is 0.129 e. The molecule has 3 heteroatoms. The largest absolute Gasteiger partial charge is 0.493 e. The molecule has 0 saturated carbocycles. The van der Waals surface area contributed by atoms with Crippen molar-refractivity contribution >= 4 is 0 Å². The third-order valence-electron chi connectivity index (χ3n) is 3.63. The van der Waals surface area contributed by atoms with E-state index in [4.69, 9.17) is 4.74 Å². The molecule has 1 aromatic carbocycles. The van der Waals surface area contributed by atoms with Crippen molar-refractivity contribution in [2.75, 3.05) is 19.7 Å². The molecule has 100 valence electrons. The average molecular weight is 251 g/mol. The third kappa shape index (κ3) is 3.98. The molecule has 18 heavy (non-hydrogen) atoms. The molecule has 1 N–H and O–H groups in total. The van der Waals surface area contributed by atoms with Gasteiger partial charge < -0.3 is 10.1 Å². The van der Waals surface area contributed by atoms with Crippen molar-refractivity contribution in [1.82, 2.24) is 5.32 Å². The second-order valence-electron chi connectivity index (χ2n) is 5.10. The maximum atomic E-state index is 13.3. The Morgan fingerprint density at radius 1 is 1.33 bits per heavy atom. The lowest BCUT2D eigenvalue weighted by atomic mass is 9.93. The smallest absolute Gasteiger partial charge is 0.129 e. The summed E-state index contributed by atoms with van der Waals surface area (Å²) in [4.78, 5) is 0. The topological polar surface area (TPSA) is 21.3 Å². The van der Waals surface area contributed by atoms with E-state index in [-0.39, 0.29) is 5.82 Å². The van der Waals surface area contributed by atoms with Crippen LogP contribution in [0, 0.1) is 18.7 Å². The number of piperidine rings is 1.